The number of carbonyl (C=O) groups excluding carboxylic acids is 1. The molecule has 1 aliphatic rings. The van der Waals surface area contributed by atoms with Gasteiger partial charge in [-0.25, -0.2) is 13.9 Å². The summed E-state index contributed by atoms with van der Waals surface area (Å²) < 4.78 is 59.2. The fourth-order valence-corrected chi connectivity index (χ4v) is 5.77. The molecule has 0 saturated carbocycles. The van der Waals surface area contributed by atoms with Crippen LogP contribution >= 0.6 is 7.75 Å². The van der Waals surface area contributed by atoms with Gasteiger partial charge in [-0.15, -0.1) is 0 Å². The molecule has 42 heavy (non-hydrogen) atoms. The minimum atomic E-state index is -4.29. The number of nitrogens with one attached hydrogen (secondary N) is 2. The van der Waals surface area contributed by atoms with Gasteiger partial charge in [-0.2, -0.15) is 15.1 Å². The number of aliphatic hydroxyl groups is 1. The van der Waals surface area contributed by atoms with Crippen LogP contribution in [0.5, 0.6) is 11.6 Å². The first-order valence-electron chi connectivity index (χ1n) is 13.4. The summed E-state index contributed by atoms with van der Waals surface area (Å²) in [7, 11) is -2.67. The number of fused-ring (bicyclic) bond motifs is 1. The Kier molecular flexibility index (Phi) is 9.68. The van der Waals surface area contributed by atoms with Gasteiger partial charge in [0.2, 0.25) is 11.8 Å². The van der Waals surface area contributed by atoms with Gasteiger partial charge >= 0.3 is 13.7 Å². The first kappa shape index (κ1) is 31.6. The summed E-state index contributed by atoms with van der Waals surface area (Å²) in [4.78, 5) is 25.3. The Labute approximate surface area is 242 Å². The van der Waals surface area contributed by atoms with Crippen molar-refractivity contribution in [2.24, 2.45) is 0 Å². The summed E-state index contributed by atoms with van der Waals surface area (Å²) in [5.41, 5.74) is -1.88. The van der Waals surface area contributed by atoms with Crippen molar-refractivity contribution in [2.45, 2.75) is 70.9 Å². The number of hydrogen-bond donors (Lipinski definition) is 3. The molecular weight excluding hydrogens is 574 g/mol. The smallest absolute Gasteiger partial charge is 0.459 e. The highest BCUT2D eigenvalue weighted by Crippen LogP contribution is 2.48. The molecule has 3 heterocycles. The van der Waals surface area contributed by atoms with E-state index in [1.807, 2.05) is 0 Å². The van der Waals surface area contributed by atoms with E-state index >= 15 is 4.39 Å². The first-order valence-corrected chi connectivity index (χ1v) is 15.0. The molecule has 0 radical (unpaired) electrons. The molecule has 1 fully saturated rings. The standard InChI is InChI=1S/C26H36FN6O8P/c1-7-37-22-19-21(30-25(28-6)31-22)33(14-29-19)24-26(5,27)20(34)18(40-24)13-38-42(36,41-17-11-9-8-10-12-17)32-16(4)23(35)39-15(2)3/h8-12,14-16,18,20,24,34H,7,13H2,1-6H3,(H,32,36)(H,28,30,31). The number of rotatable bonds is 13. The molecule has 1 aliphatic heterocycles. The molecular formula is C26H36FN6O8P. The van der Waals surface area contributed by atoms with Gasteiger partial charge in [0.1, 0.15) is 24.0 Å². The summed E-state index contributed by atoms with van der Waals surface area (Å²) in [6.45, 7) is 7.50. The van der Waals surface area contributed by atoms with Crippen molar-refractivity contribution in [3.8, 4) is 11.6 Å². The molecule has 230 valence electrons. The predicted octanol–water partition coefficient (Wildman–Crippen LogP) is 3.39. The number of aliphatic hydroxyl groups excluding tert-OH is 1. The Balaban J connectivity index is 1.58. The summed E-state index contributed by atoms with van der Waals surface area (Å²) in [5.74, 6) is -0.0871. The van der Waals surface area contributed by atoms with Gasteiger partial charge in [-0.1, -0.05) is 18.2 Å². The third-order valence-electron chi connectivity index (χ3n) is 6.30. The predicted molar refractivity (Wildman–Crippen MR) is 150 cm³/mol. The second kappa shape index (κ2) is 12.9. The van der Waals surface area contributed by atoms with Gasteiger partial charge in [-0.05, 0) is 46.8 Å². The van der Waals surface area contributed by atoms with Crippen LogP contribution in [-0.2, 0) is 23.4 Å². The number of hydrogen-bond acceptors (Lipinski definition) is 12. The number of benzene rings is 1. The summed E-state index contributed by atoms with van der Waals surface area (Å²) in [6, 6.07) is 7.07. The zero-order valence-electron chi connectivity index (χ0n) is 24.2. The molecule has 14 nitrogen and oxygen atoms in total. The van der Waals surface area contributed by atoms with Crippen LogP contribution in [0.1, 0.15) is 40.8 Å². The lowest BCUT2D eigenvalue weighted by atomic mass is 9.98. The van der Waals surface area contributed by atoms with E-state index < -0.39 is 56.6 Å². The van der Waals surface area contributed by atoms with Crippen molar-refractivity contribution in [1.82, 2.24) is 24.6 Å². The molecule has 0 spiro atoms. The number of para-hydroxylation sites is 1. The van der Waals surface area contributed by atoms with Gasteiger partial charge in [0.25, 0.3) is 0 Å². The van der Waals surface area contributed by atoms with Crippen molar-refractivity contribution < 1.29 is 42.1 Å². The highest BCUT2D eigenvalue weighted by Gasteiger charge is 2.56. The number of carbonyl (C=O) groups is 1. The van der Waals surface area contributed by atoms with E-state index in [1.165, 1.54) is 24.7 Å². The lowest BCUT2D eigenvalue weighted by Crippen LogP contribution is -2.41. The SMILES string of the molecule is CCOc1nc(NC)nc2c1ncn2C1OC(COP(=O)(NC(C)C(=O)OC(C)C)Oc2ccccc2)C(O)C1(C)F. The molecule has 0 aliphatic carbocycles. The average Bonchev–Trinajstić information content (AvgIpc) is 3.45. The molecule has 0 amide bonds. The Bertz CT molecular complexity index is 1420. The Hall–Kier alpha value is -3.36. The largest absolute Gasteiger partial charge is 0.476 e. The number of esters is 1. The fraction of sp³-hybridized carbons (Fsp3) is 0.538. The maximum atomic E-state index is 16.1. The monoisotopic (exact) mass is 610 g/mol. The molecule has 3 aromatic rings. The number of aromatic nitrogens is 4. The van der Waals surface area contributed by atoms with Crippen molar-refractivity contribution in [1.29, 1.82) is 0 Å². The van der Waals surface area contributed by atoms with Crippen molar-refractivity contribution >= 4 is 30.8 Å². The van der Waals surface area contributed by atoms with Gasteiger partial charge < -0.3 is 29.2 Å². The Morgan fingerprint density at radius 1 is 1.26 bits per heavy atom. The maximum Gasteiger partial charge on any atom is 0.459 e. The summed E-state index contributed by atoms with van der Waals surface area (Å²) >= 11 is 0. The van der Waals surface area contributed by atoms with Gasteiger partial charge in [0, 0.05) is 7.05 Å². The van der Waals surface area contributed by atoms with E-state index in [9.17, 15) is 14.5 Å². The third-order valence-corrected chi connectivity index (χ3v) is 7.94. The average molecular weight is 611 g/mol. The van der Waals surface area contributed by atoms with E-state index in [1.54, 1.807) is 58.2 Å². The lowest BCUT2D eigenvalue weighted by Gasteiger charge is -2.25. The minimum Gasteiger partial charge on any atom is -0.476 e. The molecule has 3 N–H and O–H groups in total. The number of anilines is 1. The van der Waals surface area contributed by atoms with Crippen LogP contribution in [0.3, 0.4) is 0 Å². The van der Waals surface area contributed by atoms with Crippen LogP contribution in [-0.4, -0.2) is 80.9 Å². The first-order chi connectivity index (χ1) is 19.9. The van der Waals surface area contributed by atoms with Gasteiger partial charge in [0.05, 0.1) is 25.6 Å². The zero-order valence-corrected chi connectivity index (χ0v) is 25.1. The second-order valence-electron chi connectivity index (χ2n) is 10.0. The topological polar surface area (TPSA) is 168 Å². The minimum absolute atomic E-state index is 0.189. The fourth-order valence-electron chi connectivity index (χ4n) is 4.27. The number of alkyl halides is 1. The number of nitrogens with zero attached hydrogens (tertiary/aromatic N) is 4. The van der Waals surface area contributed by atoms with Crippen LogP contribution in [0.2, 0.25) is 0 Å². The third kappa shape index (κ3) is 6.81. The van der Waals surface area contributed by atoms with E-state index in [-0.39, 0.29) is 28.7 Å². The van der Waals surface area contributed by atoms with Crippen LogP contribution < -0.4 is 19.7 Å². The van der Waals surface area contributed by atoms with Gasteiger partial charge in [0.15, 0.2) is 23.1 Å². The molecule has 0 bridgehead atoms. The van der Waals surface area contributed by atoms with Crippen LogP contribution in [0.15, 0.2) is 36.7 Å². The number of ether oxygens (including phenoxy) is 3. The summed E-state index contributed by atoms with van der Waals surface area (Å²) in [6.07, 6.45) is -3.51. The Morgan fingerprint density at radius 3 is 2.62 bits per heavy atom. The normalized spacial score (nSPS) is 24.4. The second-order valence-corrected chi connectivity index (χ2v) is 11.7. The van der Waals surface area contributed by atoms with E-state index in [0.717, 1.165) is 0 Å². The van der Waals surface area contributed by atoms with Crippen molar-refractivity contribution in [3.05, 3.63) is 36.7 Å². The van der Waals surface area contributed by atoms with E-state index in [2.05, 4.69) is 25.4 Å². The highest BCUT2D eigenvalue weighted by atomic mass is 31.2. The molecule has 1 aromatic carbocycles. The van der Waals surface area contributed by atoms with E-state index in [4.69, 9.17) is 23.3 Å². The van der Waals surface area contributed by atoms with Crippen molar-refractivity contribution in [3.63, 3.8) is 0 Å². The maximum absolute atomic E-state index is 16.1. The molecule has 6 atom stereocenters. The quantitative estimate of drug-likeness (QED) is 0.190. The van der Waals surface area contributed by atoms with E-state index in [0.29, 0.717) is 6.61 Å². The van der Waals surface area contributed by atoms with Crippen LogP contribution in [0.25, 0.3) is 11.2 Å². The van der Waals surface area contributed by atoms with Crippen LogP contribution in [0, 0.1) is 0 Å². The lowest BCUT2D eigenvalue weighted by molar-refractivity contribution is -0.149. The molecule has 1 saturated heterocycles. The number of halogens is 1. The summed E-state index contributed by atoms with van der Waals surface area (Å²) in [5, 5.41) is 16.3. The molecule has 2 aromatic heterocycles. The zero-order chi connectivity index (χ0) is 30.7. The van der Waals surface area contributed by atoms with Gasteiger partial charge in [-0.3, -0.25) is 13.9 Å². The number of imidazole rings is 1. The highest BCUT2D eigenvalue weighted by molar-refractivity contribution is 7.52. The van der Waals surface area contributed by atoms with Crippen molar-refractivity contribution in [2.75, 3.05) is 25.6 Å². The van der Waals surface area contributed by atoms with Crippen LogP contribution in [0.4, 0.5) is 10.3 Å². The molecule has 16 heteroatoms. The Morgan fingerprint density at radius 2 is 1.98 bits per heavy atom. The molecule has 6 unspecified atom stereocenters. The molecule has 4 rings (SSSR count).